The van der Waals surface area contributed by atoms with Gasteiger partial charge >= 0.3 is 0 Å². The lowest BCUT2D eigenvalue weighted by Crippen LogP contribution is -2.31. The average molecular weight is 715 g/mol. The monoisotopic (exact) mass is 715 g/mol. The van der Waals surface area contributed by atoms with Crippen molar-refractivity contribution in [2.45, 2.75) is 143 Å². The summed E-state index contributed by atoms with van der Waals surface area (Å²) in [5.41, 5.74) is 4.49. The highest BCUT2D eigenvalue weighted by Crippen LogP contribution is 2.29. The SMILES string of the molecule is C=C(C)C.C=C(C)C.CC(C)(CC(=O)CCCN1CCCC1=O)c1ccccc1.CC(C)(CC(=O)CCCN1CCCCCC1=O)c1ccccc1. The Labute approximate surface area is 317 Å². The molecule has 2 saturated heterocycles. The van der Waals surface area contributed by atoms with Gasteiger partial charge in [-0.1, -0.05) is 106 Å². The smallest absolute Gasteiger partial charge is 0.222 e. The number of carbonyl (C=O) groups excluding carboxylic acids is 4. The highest BCUT2D eigenvalue weighted by molar-refractivity contribution is 5.81. The van der Waals surface area contributed by atoms with E-state index in [1.54, 1.807) is 0 Å². The molecule has 2 fully saturated rings. The summed E-state index contributed by atoms with van der Waals surface area (Å²) in [5, 5.41) is 0. The summed E-state index contributed by atoms with van der Waals surface area (Å²) in [4.78, 5) is 51.8. The topological polar surface area (TPSA) is 74.8 Å². The van der Waals surface area contributed by atoms with Gasteiger partial charge in [0.25, 0.3) is 0 Å². The van der Waals surface area contributed by atoms with Crippen molar-refractivity contribution < 1.29 is 19.2 Å². The van der Waals surface area contributed by atoms with Crippen LogP contribution in [0.1, 0.15) is 144 Å². The minimum atomic E-state index is -0.128. The van der Waals surface area contributed by atoms with Crippen molar-refractivity contribution in [2.75, 3.05) is 26.2 Å². The van der Waals surface area contributed by atoms with E-state index in [0.717, 1.165) is 64.7 Å². The zero-order valence-electron chi connectivity index (χ0n) is 34.0. The maximum atomic E-state index is 12.3. The number of hydrogen-bond acceptors (Lipinski definition) is 4. The Bertz CT molecular complexity index is 1370. The van der Waals surface area contributed by atoms with Crippen molar-refractivity contribution in [3.05, 3.63) is 96.1 Å². The van der Waals surface area contributed by atoms with E-state index in [4.69, 9.17) is 0 Å². The van der Waals surface area contributed by atoms with Crippen LogP contribution in [0.3, 0.4) is 0 Å². The predicted octanol–water partition coefficient (Wildman–Crippen LogP) is 10.6. The molecule has 0 aromatic heterocycles. The van der Waals surface area contributed by atoms with Crippen LogP contribution in [0, 0.1) is 0 Å². The van der Waals surface area contributed by atoms with E-state index in [2.05, 4.69) is 65.1 Å². The summed E-state index contributed by atoms with van der Waals surface area (Å²) in [6, 6.07) is 20.4. The number of ketones is 2. The van der Waals surface area contributed by atoms with E-state index in [9.17, 15) is 19.2 Å². The van der Waals surface area contributed by atoms with Gasteiger partial charge in [-0.05, 0) is 81.8 Å². The Morgan fingerprint density at radius 1 is 0.577 bits per heavy atom. The average Bonchev–Trinajstić information content (AvgIpc) is 3.36. The Kier molecular flexibility index (Phi) is 21.7. The molecule has 4 rings (SSSR count). The molecule has 0 aliphatic carbocycles. The van der Waals surface area contributed by atoms with Gasteiger partial charge in [-0.25, -0.2) is 0 Å². The van der Waals surface area contributed by atoms with Gasteiger partial charge in [0.1, 0.15) is 11.6 Å². The Morgan fingerprint density at radius 2 is 0.923 bits per heavy atom. The molecule has 2 aliphatic heterocycles. The zero-order valence-corrected chi connectivity index (χ0v) is 34.0. The van der Waals surface area contributed by atoms with Gasteiger partial charge < -0.3 is 9.80 Å². The van der Waals surface area contributed by atoms with Gasteiger partial charge in [-0.15, -0.1) is 13.2 Å². The van der Waals surface area contributed by atoms with Crippen LogP contribution in [-0.4, -0.2) is 59.4 Å². The molecule has 0 spiro atoms. The molecular weight excluding hydrogens is 645 g/mol. The van der Waals surface area contributed by atoms with E-state index in [0.29, 0.717) is 44.3 Å². The Balaban J connectivity index is 0.000000432. The summed E-state index contributed by atoms with van der Waals surface area (Å²) < 4.78 is 0. The minimum absolute atomic E-state index is 0.123. The van der Waals surface area contributed by atoms with Gasteiger partial charge in [-0.3, -0.25) is 19.2 Å². The molecule has 0 radical (unpaired) electrons. The summed E-state index contributed by atoms with van der Waals surface area (Å²) in [5.74, 6) is 1.09. The van der Waals surface area contributed by atoms with E-state index in [1.165, 1.54) is 22.3 Å². The van der Waals surface area contributed by atoms with Gasteiger partial charge in [0.15, 0.2) is 0 Å². The number of Topliss-reactive ketones (excluding diaryl/α,β-unsaturated/α-hetero) is 2. The van der Waals surface area contributed by atoms with Crippen molar-refractivity contribution in [1.82, 2.24) is 9.80 Å². The summed E-state index contributed by atoms with van der Waals surface area (Å²) in [7, 11) is 0. The first kappa shape index (κ1) is 46.2. The summed E-state index contributed by atoms with van der Waals surface area (Å²) >= 11 is 0. The van der Waals surface area contributed by atoms with Crippen LogP contribution in [0.25, 0.3) is 0 Å². The van der Waals surface area contributed by atoms with Crippen LogP contribution in [0.2, 0.25) is 0 Å². The van der Waals surface area contributed by atoms with E-state index >= 15 is 0 Å². The van der Waals surface area contributed by atoms with Crippen molar-refractivity contribution in [3.63, 3.8) is 0 Å². The molecule has 0 bridgehead atoms. The molecule has 6 nitrogen and oxygen atoms in total. The number of likely N-dealkylation sites (tertiary alicyclic amines) is 2. The second kappa shape index (κ2) is 24.4. The lowest BCUT2D eigenvalue weighted by atomic mass is 9.79. The van der Waals surface area contributed by atoms with Crippen molar-refractivity contribution in [1.29, 1.82) is 0 Å². The lowest BCUT2D eigenvalue weighted by Gasteiger charge is -2.25. The normalized spacial score (nSPS) is 14.5. The number of carbonyl (C=O) groups is 4. The fourth-order valence-electron chi connectivity index (χ4n) is 6.30. The molecule has 6 heteroatoms. The molecule has 2 aromatic carbocycles. The second-order valence-corrected chi connectivity index (χ2v) is 16.2. The van der Waals surface area contributed by atoms with E-state index < -0.39 is 0 Å². The van der Waals surface area contributed by atoms with E-state index in [1.807, 2.05) is 73.9 Å². The largest absolute Gasteiger partial charge is 0.343 e. The Hall–Kier alpha value is -3.80. The fourth-order valence-corrected chi connectivity index (χ4v) is 6.30. The van der Waals surface area contributed by atoms with Crippen LogP contribution >= 0.6 is 0 Å². The van der Waals surface area contributed by atoms with Crippen molar-refractivity contribution in [3.8, 4) is 0 Å². The molecule has 2 heterocycles. The molecule has 288 valence electrons. The van der Waals surface area contributed by atoms with Crippen LogP contribution < -0.4 is 0 Å². The van der Waals surface area contributed by atoms with E-state index in [-0.39, 0.29) is 28.4 Å². The van der Waals surface area contributed by atoms with Gasteiger partial charge in [0.2, 0.25) is 11.8 Å². The van der Waals surface area contributed by atoms with Crippen molar-refractivity contribution in [2.24, 2.45) is 0 Å². The van der Waals surface area contributed by atoms with Gasteiger partial charge in [-0.2, -0.15) is 0 Å². The maximum Gasteiger partial charge on any atom is 0.222 e. The molecule has 2 aliphatic rings. The van der Waals surface area contributed by atoms with Crippen LogP contribution in [0.5, 0.6) is 0 Å². The van der Waals surface area contributed by atoms with Gasteiger partial charge in [0, 0.05) is 64.7 Å². The van der Waals surface area contributed by atoms with Crippen LogP contribution in [-0.2, 0) is 30.0 Å². The molecular formula is C46H70N2O4. The fraction of sp³-hybridized carbons (Fsp3) is 0.565. The predicted molar refractivity (Wildman–Crippen MR) is 218 cm³/mol. The molecule has 0 unspecified atom stereocenters. The molecule has 52 heavy (non-hydrogen) atoms. The third-order valence-corrected chi connectivity index (χ3v) is 9.00. The minimum Gasteiger partial charge on any atom is -0.343 e. The third kappa shape index (κ3) is 20.3. The standard InChI is InChI=1S/C20H29NO2.C18H25NO2.2C4H8/c1-20(2,17-10-5-3-6-11-17)16-18(22)12-9-15-21-14-8-4-7-13-19(21)23;1-18(2,15-8-4-3-5-9-15)14-16(20)10-6-12-19-13-7-11-17(19)21;2*1-4(2)3/h3,5-6,10-11H,4,7-9,12-16H2,1-2H3;3-5,8-9H,6-7,10-14H2,1-2H3;2*1H2,2-3H3. The highest BCUT2D eigenvalue weighted by atomic mass is 16.2. The summed E-state index contributed by atoms with van der Waals surface area (Å²) in [6.07, 6.45) is 9.41. The van der Waals surface area contributed by atoms with Crippen LogP contribution in [0.4, 0.5) is 0 Å². The van der Waals surface area contributed by atoms with Gasteiger partial charge in [0.05, 0.1) is 0 Å². The third-order valence-electron chi connectivity index (χ3n) is 9.00. The van der Waals surface area contributed by atoms with Crippen molar-refractivity contribution >= 4 is 23.4 Å². The first-order valence-corrected chi connectivity index (χ1v) is 19.4. The summed E-state index contributed by atoms with van der Waals surface area (Å²) in [6.45, 7) is 26.7. The maximum absolute atomic E-state index is 12.3. The number of hydrogen-bond donors (Lipinski definition) is 0. The number of allylic oxidation sites excluding steroid dienone is 2. The number of nitrogens with zero attached hydrogens (tertiary/aromatic N) is 2. The number of rotatable bonds is 14. The first-order valence-electron chi connectivity index (χ1n) is 19.4. The molecule has 0 saturated carbocycles. The number of amides is 2. The molecule has 2 amide bonds. The molecule has 2 aromatic rings. The molecule has 0 atom stereocenters. The number of benzene rings is 2. The quantitative estimate of drug-likeness (QED) is 0.183. The zero-order chi connectivity index (χ0) is 39.2. The Morgan fingerprint density at radius 3 is 1.27 bits per heavy atom. The first-order chi connectivity index (χ1) is 24.4. The second-order valence-electron chi connectivity index (χ2n) is 16.2. The molecule has 0 N–H and O–H groups in total. The lowest BCUT2D eigenvalue weighted by molar-refractivity contribution is -0.131. The highest BCUT2D eigenvalue weighted by Gasteiger charge is 2.26. The van der Waals surface area contributed by atoms with Crippen LogP contribution in [0.15, 0.2) is 85.0 Å².